The predicted molar refractivity (Wildman–Crippen MR) is 183 cm³/mol. The Morgan fingerprint density at radius 1 is 0.959 bits per heavy atom. The Bertz CT molecular complexity index is 2200. The van der Waals surface area contributed by atoms with Crippen LogP contribution < -0.4 is 26.4 Å². The lowest BCUT2D eigenvalue weighted by Crippen LogP contribution is -2.27. The fourth-order valence-electron chi connectivity index (χ4n) is 6.24. The van der Waals surface area contributed by atoms with Crippen LogP contribution >= 0.6 is 0 Å². The van der Waals surface area contributed by atoms with E-state index in [0.29, 0.717) is 84.0 Å². The predicted octanol–water partition coefficient (Wildman–Crippen LogP) is 2.23. The van der Waals surface area contributed by atoms with Gasteiger partial charge in [0.15, 0.2) is 0 Å². The summed E-state index contributed by atoms with van der Waals surface area (Å²) in [6, 6.07) is 8.49. The van der Waals surface area contributed by atoms with Crippen molar-refractivity contribution in [1.82, 2.24) is 28.0 Å². The molecule has 0 bridgehead atoms. The zero-order valence-electron chi connectivity index (χ0n) is 28.8. The Labute approximate surface area is 282 Å². The fraction of sp³-hybridized carbons (Fsp3) is 0.412. The molecule has 0 saturated heterocycles. The second-order valence-electron chi connectivity index (χ2n) is 11.7. The van der Waals surface area contributed by atoms with Crippen molar-refractivity contribution in [3.8, 4) is 11.5 Å². The van der Waals surface area contributed by atoms with Crippen LogP contribution in [0.5, 0.6) is 11.5 Å². The highest BCUT2D eigenvalue weighted by molar-refractivity contribution is 5.99. The molecule has 0 aliphatic carbocycles. The lowest BCUT2D eigenvalue weighted by molar-refractivity contribution is 0.0981. The van der Waals surface area contributed by atoms with Crippen molar-refractivity contribution < 1.29 is 29.0 Å². The van der Waals surface area contributed by atoms with Gasteiger partial charge in [-0.2, -0.15) is 10.1 Å². The third-order valence-electron chi connectivity index (χ3n) is 8.51. The normalized spacial score (nSPS) is 12.4. The molecule has 0 saturated carbocycles. The number of hydrogen-bond donors (Lipinski definition) is 2. The van der Waals surface area contributed by atoms with Crippen LogP contribution in [0, 0.1) is 6.92 Å². The molecular formula is C34H43N9O6. The van der Waals surface area contributed by atoms with Crippen LogP contribution in [-0.4, -0.2) is 78.6 Å². The van der Waals surface area contributed by atoms with Crippen LogP contribution in [0.15, 0.2) is 40.3 Å². The van der Waals surface area contributed by atoms with Gasteiger partial charge < -0.3 is 38.6 Å². The summed E-state index contributed by atoms with van der Waals surface area (Å²) in [4.78, 5) is 46.7. The number of imidazole rings is 2. The van der Waals surface area contributed by atoms with Crippen molar-refractivity contribution in [2.45, 2.75) is 52.7 Å². The molecule has 15 nitrogen and oxygen atoms in total. The third-order valence-corrected chi connectivity index (χ3v) is 8.51. The molecule has 3 aromatic heterocycles. The van der Waals surface area contributed by atoms with E-state index in [1.165, 1.54) is 0 Å². The number of unbranched alkanes of at least 4 members (excludes halogenated alkanes) is 1. The quantitative estimate of drug-likeness (QED) is 0.134. The number of aryl methyl sites for hydroxylation is 6. The van der Waals surface area contributed by atoms with Crippen LogP contribution in [-0.2, 0) is 33.7 Å². The molecule has 3 heterocycles. The number of amides is 2. The number of rotatable bonds is 14. The van der Waals surface area contributed by atoms with Gasteiger partial charge in [0, 0.05) is 64.9 Å². The number of benzene rings is 2. The second kappa shape index (κ2) is 14.8. The number of nitrogens with zero attached hydrogens (tertiary/aromatic N) is 8. The van der Waals surface area contributed by atoms with Gasteiger partial charge in [0.05, 0.1) is 30.4 Å². The number of aliphatic hydroxyl groups excluding tert-OH is 1. The average Bonchev–Trinajstić information content (AvgIpc) is 3.70. The topological polar surface area (TPSA) is 178 Å². The Morgan fingerprint density at radius 2 is 1.61 bits per heavy atom. The second-order valence-corrected chi connectivity index (χ2v) is 11.7. The van der Waals surface area contributed by atoms with Crippen LogP contribution in [0.1, 0.15) is 63.1 Å². The molecule has 3 N–H and O–H groups in total. The zero-order chi connectivity index (χ0) is 35.4. The van der Waals surface area contributed by atoms with E-state index in [1.54, 1.807) is 54.7 Å². The first kappa shape index (κ1) is 34.9. The molecule has 49 heavy (non-hydrogen) atoms. The molecule has 2 aromatic carbocycles. The van der Waals surface area contributed by atoms with E-state index in [2.05, 4.69) is 19.7 Å². The molecule has 0 aliphatic heterocycles. The van der Waals surface area contributed by atoms with Gasteiger partial charge in [0.1, 0.15) is 34.5 Å². The summed E-state index contributed by atoms with van der Waals surface area (Å²) in [5, 5.41) is 13.8. The molecule has 2 amide bonds. The first-order valence-electron chi connectivity index (χ1n) is 16.1. The van der Waals surface area contributed by atoms with E-state index in [0.717, 1.165) is 22.9 Å². The first-order chi connectivity index (χ1) is 23.6. The summed E-state index contributed by atoms with van der Waals surface area (Å²) in [7, 11) is 6.97. The molecule has 0 fully saturated rings. The lowest BCUT2D eigenvalue weighted by Gasteiger charge is -2.12. The molecule has 0 spiro atoms. The van der Waals surface area contributed by atoms with E-state index in [-0.39, 0.29) is 18.8 Å². The van der Waals surface area contributed by atoms with Gasteiger partial charge >= 0.3 is 0 Å². The van der Waals surface area contributed by atoms with Crippen molar-refractivity contribution in [2.75, 3.05) is 27.4 Å². The van der Waals surface area contributed by atoms with E-state index < -0.39 is 11.8 Å². The zero-order valence-corrected chi connectivity index (χ0v) is 28.8. The van der Waals surface area contributed by atoms with Gasteiger partial charge in [0.25, 0.3) is 5.91 Å². The number of carbonyl (C=O) groups is 3. The largest absolute Gasteiger partial charge is 0.494 e. The number of ether oxygens (including phenoxy) is 2. The van der Waals surface area contributed by atoms with Crippen LogP contribution in [0.4, 0.5) is 0 Å². The Hall–Kier alpha value is -5.44. The smallest absolute Gasteiger partial charge is 0.298 e. The molecule has 0 unspecified atom stereocenters. The average molecular weight is 674 g/mol. The fourth-order valence-corrected chi connectivity index (χ4v) is 6.24. The highest BCUT2D eigenvalue weighted by atomic mass is 16.5. The number of aldehydes is 1. The highest BCUT2D eigenvalue weighted by Gasteiger charge is 2.21. The van der Waals surface area contributed by atoms with Crippen LogP contribution in [0.2, 0.25) is 0 Å². The molecular weight excluding hydrogens is 630 g/mol. The Balaban J connectivity index is 1.60. The van der Waals surface area contributed by atoms with Gasteiger partial charge in [-0.1, -0.05) is 0 Å². The maximum atomic E-state index is 13.6. The van der Waals surface area contributed by atoms with Crippen LogP contribution in [0.3, 0.4) is 0 Å². The highest BCUT2D eigenvalue weighted by Crippen LogP contribution is 2.29. The number of methoxy groups -OCH3 is 1. The summed E-state index contributed by atoms with van der Waals surface area (Å²) in [6.07, 6.45) is 2.53. The molecule has 5 rings (SSSR count). The molecule has 0 aliphatic rings. The minimum absolute atomic E-state index is 0.0633. The standard InChI is InChI=1S/C34H43N9O6/c1-7-43-26(15-21(2)38-43)32(47)37-34-40(5)25-18-23(31(35)46)19-28(49-14-10-13-44)30(25)42(34)12-9-8-11-41-29-24(39(4)33(41)36-3)16-22(20-45)17-27(29)48-6/h15-20,44H,7-14H2,1-6H3,(H2,35,46). The van der Waals surface area contributed by atoms with Crippen molar-refractivity contribution in [3.63, 3.8) is 0 Å². The molecule has 5 aromatic rings. The van der Waals surface area contributed by atoms with Gasteiger partial charge in [-0.3, -0.25) is 24.1 Å². The molecule has 0 radical (unpaired) electrons. The van der Waals surface area contributed by atoms with Gasteiger partial charge in [-0.05, 0) is 57.0 Å². The maximum absolute atomic E-state index is 13.6. The lowest BCUT2D eigenvalue weighted by atomic mass is 10.1. The van der Waals surface area contributed by atoms with E-state index >= 15 is 0 Å². The molecule has 15 heteroatoms. The minimum atomic E-state index is -0.626. The summed E-state index contributed by atoms with van der Waals surface area (Å²) < 4.78 is 21.1. The number of aliphatic hydroxyl groups is 1. The van der Waals surface area contributed by atoms with Gasteiger partial charge in [0.2, 0.25) is 17.1 Å². The van der Waals surface area contributed by atoms with E-state index in [9.17, 15) is 19.5 Å². The van der Waals surface area contributed by atoms with Crippen molar-refractivity contribution in [1.29, 1.82) is 0 Å². The van der Waals surface area contributed by atoms with Crippen molar-refractivity contribution in [2.24, 2.45) is 29.8 Å². The van der Waals surface area contributed by atoms with E-state index in [1.807, 2.05) is 36.1 Å². The number of aromatic nitrogens is 6. The maximum Gasteiger partial charge on any atom is 0.298 e. The summed E-state index contributed by atoms with van der Waals surface area (Å²) in [5.41, 5.74) is 11.5. The van der Waals surface area contributed by atoms with Crippen molar-refractivity contribution >= 4 is 40.2 Å². The minimum Gasteiger partial charge on any atom is -0.494 e. The Kier molecular flexibility index (Phi) is 10.5. The van der Waals surface area contributed by atoms with Gasteiger partial charge in [-0.15, -0.1) is 0 Å². The number of hydrogen-bond acceptors (Lipinski definition) is 8. The Morgan fingerprint density at radius 3 is 2.22 bits per heavy atom. The summed E-state index contributed by atoms with van der Waals surface area (Å²) >= 11 is 0. The third kappa shape index (κ3) is 6.66. The molecule has 0 atom stereocenters. The molecule has 260 valence electrons. The monoisotopic (exact) mass is 673 g/mol. The van der Waals surface area contributed by atoms with Crippen LogP contribution in [0.25, 0.3) is 22.1 Å². The number of fused-ring (bicyclic) bond motifs is 2. The first-order valence-corrected chi connectivity index (χ1v) is 16.1. The SMILES string of the molecule is CCn1nc(C)cc1C(=O)N=c1n(C)c2cc(C(N)=O)cc(OCCCO)c2n1CCCCn1c(=NC)n(C)c2cc(C=O)cc(OC)c21. The number of nitrogens with two attached hydrogens (primary N) is 1. The number of carbonyl (C=O) groups excluding carboxylic acids is 3. The van der Waals surface area contributed by atoms with Gasteiger partial charge in [-0.25, -0.2) is 0 Å². The number of primary amides is 1. The summed E-state index contributed by atoms with van der Waals surface area (Å²) in [5.74, 6) is -0.115. The van der Waals surface area contributed by atoms with Crippen molar-refractivity contribution in [3.05, 3.63) is 64.1 Å². The summed E-state index contributed by atoms with van der Waals surface area (Å²) in [6.45, 7) is 5.40. The van der Waals surface area contributed by atoms with E-state index in [4.69, 9.17) is 15.2 Å².